The maximum Gasteiger partial charge on any atom is 0.282 e. The largest absolute Gasteiger partial charge is 0.395 e. The highest BCUT2D eigenvalue weighted by Crippen LogP contribution is 2.37. The Morgan fingerprint density at radius 2 is 1.71 bits per heavy atom. The minimum absolute atomic E-state index is 0.108. The average molecular weight is 440 g/mol. The predicted octanol–water partition coefficient (Wildman–Crippen LogP) is 2.85. The van der Waals surface area contributed by atoms with Crippen molar-refractivity contribution in [3.05, 3.63) is 69.9 Å². The summed E-state index contributed by atoms with van der Waals surface area (Å²) in [4.78, 5) is 32.6. The van der Waals surface area contributed by atoms with Crippen LogP contribution in [0.1, 0.15) is 16.7 Å². The molecule has 2 aliphatic rings. The Morgan fingerprint density at radius 3 is 2.35 bits per heavy atom. The van der Waals surface area contributed by atoms with Gasteiger partial charge in [0.2, 0.25) is 0 Å². The normalized spacial score (nSPS) is 17.8. The van der Waals surface area contributed by atoms with E-state index in [-0.39, 0.29) is 18.4 Å². The van der Waals surface area contributed by atoms with Gasteiger partial charge in [0.15, 0.2) is 0 Å². The number of halogens is 1. The zero-order valence-electron chi connectivity index (χ0n) is 17.8. The van der Waals surface area contributed by atoms with Crippen LogP contribution in [0, 0.1) is 13.8 Å². The van der Waals surface area contributed by atoms with Gasteiger partial charge in [0.25, 0.3) is 11.8 Å². The molecule has 6 nitrogen and oxygen atoms in total. The van der Waals surface area contributed by atoms with Crippen LogP contribution in [0.2, 0.25) is 5.02 Å². The number of β-amino-alcohol motifs (C(OH)–C–C–N with tert-alkyl or cyclic N) is 1. The van der Waals surface area contributed by atoms with Gasteiger partial charge in [0.05, 0.1) is 17.9 Å². The molecule has 0 saturated carbocycles. The van der Waals surface area contributed by atoms with Crippen molar-refractivity contribution >= 4 is 34.7 Å². The smallest absolute Gasteiger partial charge is 0.282 e. The first-order valence-corrected chi connectivity index (χ1v) is 10.8. The van der Waals surface area contributed by atoms with E-state index in [4.69, 9.17) is 11.6 Å². The van der Waals surface area contributed by atoms with Crippen LogP contribution in [0.15, 0.2) is 48.2 Å². The van der Waals surface area contributed by atoms with E-state index in [0.29, 0.717) is 41.6 Å². The molecule has 0 spiro atoms. The SMILES string of the molecule is Cc1ccc(C2=C(N3CCN(CCO)CC3)C(=O)N(c3cccc(Cl)c3)C2=O)c(C)c1. The number of carbonyl (C=O) groups excluding carboxylic acids is 2. The number of hydrogen-bond donors (Lipinski definition) is 1. The predicted molar refractivity (Wildman–Crippen MR) is 122 cm³/mol. The lowest BCUT2D eigenvalue weighted by Gasteiger charge is -2.36. The molecule has 2 aliphatic heterocycles. The molecule has 2 amide bonds. The first-order chi connectivity index (χ1) is 14.9. The van der Waals surface area contributed by atoms with Gasteiger partial charge >= 0.3 is 0 Å². The van der Waals surface area contributed by atoms with Crippen LogP contribution in [-0.2, 0) is 9.59 Å². The summed E-state index contributed by atoms with van der Waals surface area (Å²) in [5, 5.41) is 9.69. The second-order valence-corrected chi connectivity index (χ2v) is 8.46. The number of aliphatic hydroxyl groups excluding tert-OH is 1. The molecule has 1 N–H and O–H groups in total. The fourth-order valence-electron chi connectivity index (χ4n) is 4.33. The number of hydrogen-bond acceptors (Lipinski definition) is 5. The number of amides is 2. The number of carbonyl (C=O) groups is 2. The molecule has 1 fully saturated rings. The van der Waals surface area contributed by atoms with Crippen LogP contribution in [0.25, 0.3) is 5.57 Å². The molecule has 1 saturated heterocycles. The second-order valence-electron chi connectivity index (χ2n) is 8.02. The van der Waals surface area contributed by atoms with Gasteiger partial charge in [0.1, 0.15) is 5.70 Å². The van der Waals surface area contributed by atoms with Gasteiger partial charge in [-0.05, 0) is 43.2 Å². The summed E-state index contributed by atoms with van der Waals surface area (Å²) in [5.74, 6) is -0.648. The molecule has 4 rings (SSSR count). The summed E-state index contributed by atoms with van der Waals surface area (Å²) in [6.45, 7) is 7.37. The number of benzene rings is 2. The molecule has 2 heterocycles. The molecular weight excluding hydrogens is 414 g/mol. The van der Waals surface area contributed by atoms with Gasteiger partial charge < -0.3 is 10.0 Å². The Bertz CT molecular complexity index is 1060. The number of aliphatic hydroxyl groups is 1. The van der Waals surface area contributed by atoms with Crippen molar-refractivity contribution in [1.29, 1.82) is 0 Å². The second kappa shape index (κ2) is 8.83. The molecule has 31 heavy (non-hydrogen) atoms. The van der Waals surface area contributed by atoms with Gasteiger partial charge in [0, 0.05) is 37.7 Å². The summed E-state index contributed by atoms with van der Waals surface area (Å²) < 4.78 is 0. The maximum atomic E-state index is 13.6. The Labute approximate surface area is 187 Å². The fourth-order valence-corrected chi connectivity index (χ4v) is 4.52. The monoisotopic (exact) mass is 439 g/mol. The van der Waals surface area contributed by atoms with E-state index in [1.165, 1.54) is 4.90 Å². The molecule has 0 bridgehead atoms. The zero-order valence-corrected chi connectivity index (χ0v) is 18.5. The molecular formula is C24H26ClN3O3. The average Bonchev–Trinajstić information content (AvgIpc) is 2.99. The van der Waals surface area contributed by atoms with Gasteiger partial charge in [-0.2, -0.15) is 0 Å². The third-order valence-corrected chi connectivity index (χ3v) is 6.12. The lowest BCUT2D eigenvalue weighted by Crippen LogP contribution is -2.48. The van der Waals surface area contributed by atoms with Crippen LogP contribution in [0.5, 0.6) is 0 Å². The Hall–Kier alpha value is -2.67. The summed E-state index contributed by atoms with van der Waals surface area (Å²) in [7, 11) is 0. The van der Waals surface area contributed by atoms with E-state index in [1.54, 1.807) is 24.3 Å². The third-order valence-electron chi connectivity index (χ3n) is 5.88. The molecule has 2 aromatic carbocycles. The van der Waals surface area contributed by atoms with Gasteiger partial charge in [-0.25, -0.2) is 4.90 Å². The van der Waals surface area contributed by atoms with Crippen LogP contribution >= 0.6 is 11.6 Å². The number of imide groups is 1. The van der Waals surface area contributed by atoms with E-state index < -0.39 is 0 Å². The number of piperazine rings is 1. The van der Waals surface area contributed by atoms with Crippen molar-refractivity contribution in [2.75, 3.05) is 44.2 Å². The highest BCUT2D eigenvalue weighted by Gasteiger charge is 2.43. The van der Waals surface area contributed by atoms with Gasteiger partial charge in [-0.15, -0.1) is 0 Å². The third kappa shape index (κ3) is 4.11. The molecule has 0 aliphatic carbocycles. The fraction of sp³-hybridized carbons (Fsp3) is 0.333. The molecule has 7 heteroatoms. The summed E-state index contributed by atoms with van der Waals surface area (Å²) in [6, 6.07) is 12.7. The first kappa shape index (κ1) is 21.6. The Kier molecular flexibility index (Phi) is 6.14. The van der Waals surface area contributed by atoms with Crippen LogP contribution < -0.4 is 4.90 Å². The quantitative estimate of drug-likeness (QED) is 0.726. The van der Waals surface area contributed by atoms with E-state index in [1.807, 2.05) is 36.9 Å². The Morgan fingerprint density at radius 1 is 0.968 bits per heavy atom. The van der Waals surface area contributed by atoms with Crippen molar-refractivity contribution in [3.63, 3.8) is 0 Å². The topological polar surface area (TPSA) is 64.1 Å². The van der Waals surface area contributed by atoms with Gasteiger partial charge in [-0.1, -0.05) is 41.4 Å². The first-order valence-electron chi connectivity index (χ1n) is 10.4. The van der Waals surface area contributed by atoms with Crippen molar-refractivity contribution in [2.24, 2.45) is 0 Å². The number of nitrogens with zero attached hydrogens (tertiary/aromatic N) is 3. The molecule has 0 unspecified atom stereocenters. The molecule has 0 radical (unpaired) electrons. The lowest BCUT2D eigenvalue weighted by atomic mass is 9.97. The highest BCUT2D eigenvalue weighted by atomic mass is 35.5. The highest BCUT2D eigenvalue weighted by molar-refractivity contribution is 6.45. The number of rotatable bonds is 5. The summed E-state index contributed by atoms with van der Waals surface area (Å²) in [6.07, 6.45) is 0. The summed E-state index contributed by atoms with van der Waals surface area (Å²) in [5.41, 5.74) is 4.20. The maximum absolute atomic E-state index is 13.6. The standard InChI is InChI=1S/C24H26ClN3O3/c1-16-6-7-20(17(2)14-16)21-22(27-10-8-26(9-11-27)12-13-29)24(31)28(23(21)30)19-5-3-4-18(25)15-19/h3-7,14-15,29H,8-13H2,1-2H3. The van der Waals surface area contributed by atoms with E-state index >= 15 is 0 Å². The van der Waals surface area contributed by atoms with E-state index in [0.717, 1.165) is 29.8 Å². The molecule has 162 valence electrons. The van der Waals surface area contributed by atoms with Crippen molar-refractivity contribution in [3.8, 4) is 0 Å². The van der Waals surface area contributed by atoms with Crippen molar-refractivity contribution in [2.45, 2.75) is 13.8 Å². The minimum Gasteiger partial charge on any atom is -0.395 e. The number of anilines is 1. The van der Waals surface area contributed by atoms with E-state index in [2.05, 4.69) is 4.90 Å². The number of aryl methyl sites for hydroxylation is 2. The zero-order chi connectivity index (χ0) is 22.1. The molecule has 2 aromatic rings. The van der Waals surface area contributed by atoms with Crippen LogP contribution in [0.4, 0.5) is 5.69 Å². The van der Waals surface area contributed by atoms with E-state index in [9.17, 15) is 14.7 Å². The van der Waals surface area contributed by atoms with Gasteiger partial charge in [-0.3, -0.25) is 14.5 Å². The van der Waals surface area contributed by atoms with Crippen molar-refractivity contribution < 1.29 is 14.7 Å². The Balaban J connectivity index is 1.78. The van der Waals surface area contributed by atoms with Crippen LogP contribution in [-0.4, -0.2) is 66.1 Å². The molecule has 0 aromatic heterocycles. The lowest BCUT2D eigenvalue weighted by molar-refractivity contribution is -0.120. The van der Waals surface area contributed by atoms with Crippen LogP contribution in [0.3, 0.4) is 0 Å². The summed E-state index contributed by atoms with van der Waals surface area (Å²) >= 11 is 6.15. The van der Waals surface area contributed by atoms with Crippen molar-refractivity contribution in [1.82, 2.24) is 9.80 Å². The molecule has 0 atom stereocenters. The minimum atomic E-state index is -0.327.